The maximum Gasteiger partial charge on any atom is 0.144 e. The van der Waals surface area contributed by atoms with Crippen LogP contribution in [0.2, 0.25) is 0 Å². The van der Waals surface area contributed by atoms with Gasteiger partial charge in [0.1, 0.15) is 23.3 Å². The van der Waals surface area contributed by atoms with Gasteiger partial charge in [-0.1, -0.05) is 44.8 Å². The summed E-state index contributed by atoms with van der Waals surface area (Å²) >= 11 is 0. The number of aryl methyl sites for hydroxylation is 1. The monoisotopic (exact) mass is 443 g/mol. The van der Waals surface area contributed by atoms with Crippen LogP contribution in [0.15, 0.2) is 24.3 Å². The second kappa shape index (κ2) is 13.1. The summed E-state index contributed by atoms with van der Waals surface area (Å²) in [6, 6.07) is 4.25. The maximum atomic E-state index is 13.8. The molecule has 2 aliphatic rings. The van der Waals surface area contributed by atoms with Crippen molar-refractivity contribution in [3.05, 3.63) is 47.0 Å². The van der Waals surface area contributed by atoms with Crippen molar-refractivity contribution in [2.75, 3.05) is 6.61 Å². The molecule has 3 rings (SSSR count). The standard InChI is InChI=1S/C28H39F2NO/c1-2-3-4-5-6-17-32-25-15-13-24(14-16-25)23-11-9-21(10-12-23)7-8-22-18-27(29)26(20-31)28(30)19-22/h5-6,18-19,21,23-25H,2-4,7-17H2,1H3/b6-5+. The highest BCUT2D eigenvalue weighted by molar-refractivity contribution is 5.35. The molecule has 1 aromatic carbocycles. The second-order valence-corrected chi connectivity index (χ2v) is 9.85. The molecule has 0 unspecified atom stereocenters. The lowest BCUT2D eigenvalue weighted by molar-refractivity contribution is 0.0210. The highest BCUT2D eigenvalue weighted by Crippen LogP contribution is 2.41. The first-order valence-corrected chi connectivity index (χ1v) is 12.7. The summed E-state index contributed by atoms with van der Waals surface area (Å²) in [7, 11) is 0. The van der Waals surface area contributed by atoms with Gasteiger partial charge in [-0.25, -0.2) is 8.78 Å². The van der Waals surface area contributed by atoms with E-state index < -0.39 is 17.2 Å². The molecule has 0 heterocycles. The quantitative estimate of drug-likeness (QED) is 0.272. The van der Waals surface area contributed by atoms with Crippen molar-refractivity contribution >= 4 is 0 Å². The van der Waals surface area contributed by atoms with Gasteiger partial charge in [0.25, 0.3) is 0 Å². The lowest BCUT2D eigenvalue weighted by Gasteiger charge is -2.37. The zero-order valence-corrected chi connectivity index (χ0v) is 19.6. The Bertz CT molecular complexity index is 745. The number of rotatable bonds is 10. The Labute approximate surface area is 193 Å². The van der Waals surface area contributed by atoms with Gasteiger partial charge >= 0.3 is 0 Å². The van der Waals surface area contributed by atoms with Crippen molar-refractivity contribution in [3.63, 3.8) is 0 Å². The molecule has 2 saturated carbocycles. The number of halogens is 2. The zero-order chi connectivity index (χ0) is 22.8. The number of nitrogens with zero attached hydrogens (tertiary/aromatic N) is 1. The first-order chi connectivity index (χ1) is 15.6. The number of allylic oxidation sites excluding steroid dienone is 1. The number of ether oxygens (including phenoxy) is 1. The molecule has 2 fully saturated rings. The van der Waals surface area contributed by atoms with Gasteiger partial charge in [-0.15, -0.1) is 0 Å². The molecule has 0 saturated heterocycles. The molecule has 1 aromatic rings. The van der Waals surface area contributed by atoms with E-state index in [1.54, 1.807) is 6.07 Å². The number of unbranched alkanes of at least 4 members (excludes halogenated alkanes) is 2. The minimum atomic E-state index is -0.738. The lowest BCUT2D eigenvalue weighted by Crippen LogP contribution is -2.28. The largest absolute Gasteiger partial charge is 0.374 e. The third-order valence-electron chi connectivity index (χ3n) is 7.65. The van der Waals surface area contributed by atoms with E-state index in [0.717, 1.165) is 31.3 Å². The summed E-state index contributed by atoms with van der Waals surface area (Å²) in [5, 5.41) is 8.81. The molecule has 176 valence electrons. The highest BCUT2D eigenvalue weighted by Gasteiger charge is 2.31. The molecule has 0 bridgehead atoms. The smallest absolute Gasteiger partial charge is 0.144 e. The topological polar surface area (TPSA) is 33.0 Å². The Morgan fingerprint density at radius 1 is 0.969 bits per heavy atom. The molecule has 32 heavy (non-hydrogen) atoms. The normalized spacial score (nSPS) is 26.3. The SMILES string of the molecule is CCCC/C=C/COC1CCC(C2CCC(CCc3cc(F)c(C#N)c(F)c3)CC2)CC1. The van der Waals surface area contributed by atoms with Crippen LogP contribution in [-0.4, -0.2) is 12.7 Å². The van der Waals surface area contributed by atoms with Crippen molar-refractivity contribution < 1.29 is 13.5 Å². The van der Waals surface area contributed by atoms with E-state index in [2.05, 4.69) is 19.1 Å². The minimum Gasteiger partial charge on any atom is -0.374 e. The Balaban J connectivity index is 1.32. The average molecular weight is 444 g/mol. The van der Waals surface area contributed by atoms with Gasteiger partial charge < -0.3 is 4.74 Å². The summed E-state index contributed by atoms with van der Waals surface area (Å²) in [4.78, 5) is 0. The van der Waals surface area contributed by atoms with Crippen molar-refractivity contribution in [1.82, 2.24) is 0 Å². The predicted molar refractivity (Wildman–Crippen MR) is 125 cm³/mol. The molecule has 2 nitrogen and oxygen atoms in total. The molecule has 0 radical (unpaired) electrons. The highest BCUT2D eigenvalue weighted by atomic mass is 19.1. The van der Waals surface area contributed by atoms with E-state index in [0.29, 0.717) is 24.0 Å². The molecule has 0 aromatic heterocycles. The zero-order valence-electron chi connectivity index (χ0n) is 19.6. The minimum absolute atomic E-state index is 0.437. The van der Waals surface area contributed by atoms with E-state index in [1.165, 1.54) is 76.3 Å². The van der Waals surface area contributed by atoms with Crippen LogP contribution in [0.25, 0.3) is 0 Å². The second-order valence-electron chi connectivity index (χ2n) is 9.85. The molecule has 0 amide bonds. The van der Waals surface area contributed by atoms with Crippen LogP contribution in [0.3, 0.4) is 0 Å². The third-order valence-corrected chi connectivity index (χ3v) is 7.65. The Kier molecular flexibility index (Phi) is 10.2. The maximum absolute atomic E-state index is 13.8. The van der Waals surface area contributed by atoms with Crippen molar-refractivity contribution in [3.8, 4) is 6.07 Å². The van der Waals surface area contributed by atoms with Crippen LogP contribution in [0.5, 0.6) is 0 Å². The summed E-state index contributed by atoms with van der Waals surface area (Å²) in [5.41, 5.74) is 0.192. The van der Waals surface area contributed by atoms with Crippen molar-refractivity contribution in [2.24, 2.45) is 17.8 Å². The molecule has 2 aliphatic carbocycles. The molecule has 0 N–H and O–H groups in total. The lowest BCUT2D eigenvalue weighted by atomic mass is 9.70. The van der Waals surface area contributed by atoms with E-state index >= 15 is 0 Å². The van der Waals surface area contributed by atoms with Crippen molar-refractivity contribution in [1.29, 1.82) is 5.26 Å². The van der Waals surface area contributed by atoms with Crippen LogP contribution in [0, 0.1) is 40.7 Å². The number of hydrogen-bond acceptors (Lipinski definition) is 2. The molecule has 0 spiro atoms. The van der Waals surface area contributed by atoms with Gasteiger partial charge in [-0.3, -0.25) is 0 Å². The van der Waals surface area contributed by atoms with Crippen LogP contribution < -0.4 is 0 Å². The number of benzene rings is 1. The van der Waals surface area contributed by atoms with Gasteiger partial charge in [0, 0.05) is 0 Å². The molecule has 0 aliphatic heterocycles. The van der Waals surface area contributed by atoms with Gasteiger partial charge in [0.05, 0.1) is 12.7 Å². The third kappa shape index (κ3) is 7.41. The fourth-order valence-electron chi connectivity index (χ4n) is 5.62. The first kappa shape index (κ1) is 24.9. The van der Waals surface area contributed by atoms with Crippen LogP contribution >= 0.6 is 0 Å². The van der Waals surface area contributed by atoms with Gasteiger partial charge in [-0.2, -0.15) is 5.26 Å². The van der Waals surface area contributed by atoms with Crippen LogP contribution in [-0.2, 0) is 11.2 Å². The van der Waals surface area contributed by atoms with E-state index in [-0.39, 0.29) is 0 Å². The molecular weight excluding hydrogens is 404 g/mol. The van der Waals surface area contributed by atoms with Crippen LogP contribution in [0.4, 0.5) is 8.78 Å². The molecule has 4 heteroatoms. The van der Waals surface area contributed by atoms with Crippen LogP contribution in [0.1, 0.15) is 95.1 Å². The van der Waals surface area contributed by atoms with E-state index in [1.807, 2.05) is 0 Å². The Morgan fingerprint density at radius 3 is 2.19 bits per heavy atom. The Hall–Kier alpha value is -1.73. The Morgan fingerprint density at radius 2 is 1.59 bits per heavy atom. The van der Waals surface area contributed by atoms with E-state index in [4.69, 9.17) is 10.00 Å². The first-order valence-electron chi connectivity index (χ1n) is 12.7. The summed E-state index contributed by atoms with van der Waals surface area (Å²) in [5.74, 6) is 0.854. The summed E-state index contributed by atoms with van der Waals surface area (Å²) < 4.78 is 33.7. The number of hydrogen-bond donors (Lipinski definition) is 0. The van der Waals surface area contributed by atoms with Crippen molar-refractivity contribution in [2.45, 2.75) is 96.5 Å². The van der Waals surface area contributed by atoms with Gasteiger partial charge in [-0.05, 0) is 93.2 Å². The predicted octanol–water partition coefficient (Wildman–Crippen LogP) is 7.90. The molecular formula is C28H39F2NO. The average Bonchev–Trinajstić information content (AvgIpc) is 2.81. The molecule has 0 atom stereocenters. The summed E-state index contributed by atoms with van der Waals surface area (Å²) in [6.45, 7) is 2.98. The van der Waals surface area contributed by atoms with Gasteiger partial charge in [0.2, 0.25) is 0 Å². The summed E-state index contributed by atoms with van der Waals surface area (Å²) in [6.07, 6.45) is 20.2. The van der Waals surface area contributed by atoms with E-state index in [9.17, 15) is 8.78 Å². The number of nitriles is 1. The van der Waals surface area contributed by atoms with Gasteiger partial charge in [0.15, 0.2) is 0 Å². The fraction of sp³-hybridized carbons (Fsp3) is 0.679. The fourth-order valence-corrected chi connectivity index (χ4v) is 5.62.